The Morgan fingerprint density at radius 3 is 2.19 bits per heavy atom. The summed E-state index contributed by atoms with van der Waals surface area (Å²) in [7, 11) is 0. The number of amides is 6. The molecule has 2 heterocycles. The average molecular weight is 745 g/mol. The van der Waals surface area contributed by atoms with Gasteiger partial charge in [-0.25, -0.2) is 9.78 Å². The zero-order valence-electron chi connectivity index (χ0n) is 28.3. The SMILES string of the molecule is CSCC[C@H](NC(=O)[C@H](CCC(N)=O)NC(=O)[C@H](N)Cc1c[nH]c2ccccc12)C(=O)NCC(=O)N[C@H](Cc1cnc[nH]1)C(=O)N[C@@H](CO)C(=O)O. The molecule has 0 fully saturated rings. The van der Waals surface area contributed by atoms with Crippen LogP contribution in [0.15, 0.2) is 43.0 Å². The number of aliphatic carboxylic acids is 1. The molecule has 13 N–H and O–H groups in total. The molecule has 0 saturated carbocycles. The van der Waals surface area contributed by atoms with Crippen LogP contribution in [-0.2, 0) is 46.4 Å². The molecule has 20 heteroatoms. The molecule has 1 aromatic carbocycles. The van der Waals surface area contributed by atoms with Crippen molar-refractivity contribution in [1.29, 1.82) is 0 Å². The van der Waals surface area contributed by atoms with Gasteiger partial charge in [0.15, 0.2) is 0 Å². The van der Waals surface area contributed by atoms with Gasteiger partial charge in [0, 0.05) is 41.8 Å². The number of nitrogens with two attached hydrogens (primary N) is 2. The van der Waals surface area contributed by atoms with Crippen LogP contribution < -0.4 is 38.1 Å². The molecule has 0 aliphatic heterocycles. The number of nitrogens with one attached hydrogen (secondary N) is 7. The van der Waals surface area contributed by atoms with Gasteiger partial charge in [-0.1, -0.05) is 18.2 Å². The second-order valence-electron chi connectivity index (χ2n) is 11.8. The number of carbonyl (C=O) groups is 7. The lowest BCUT2D eigenvalue weighted by molar-refractivity contribution is -0.143. The van der Waals surface area contributed by atoms with E-state index in [2.05, 4.69) is 41.5 Å². The van der Waals surface area contributed by atoms with Crippen molar-refractivity contribution in [3.63, 3.8) is 0 Å². The zero-order chi connectivity index (χ0) is 38.2. The lowest BCUT2D eigenvalue weighted by Gasteiger charge is -2.24. The Morgan fingerprint density at radius 1 is 0.865 bits per heavy atom. The van der Waals surface area contributed by atoms with Crippen molar-refractivity contribution >= 4 is 64.1 Å². The minimum absolute atomic E-state index is 0.125. The number of hydrogen-bond donors (Lipinski definition) is 11. The van der Waals surface area contributed by atoms with Gasteiger partial charge in [0.2, 0.25) is 35.4 Å². The number of H-pyrrole nitrogens is 2. The molecule has 52 heavy (non-hydrogen) atoms. The normalized spacial score (nSPS) is 13.9. The quantitative estimate of drug-likeness (QED) is 0.0496. The van der Waals surface area contributed by atoms with Crippen LogP contribution in [0.1, 0.15) is 30.5 Å². The van der Waals surface area contributed by atoms with Gasteiger partial charge in [-0.2, -0.15) is 11.8 Å². The van der Waals surface area contributed by atoms with Crippen LogP contribution in [0.5, 0.6) is 0 Å². The number of carboxylic acid groups (broad SMARTS) is 1. The van der Waals surface area contributed by atoms with E-state index in [1.165, 1.54) is 24.3 Å². The van der Waals surface area contributed by atoms with Gasteiger partial charge in [-0.15, -0.1) is 0 Å². The molecule has 0 saturated heterocycles. The number of imidazole rings is 1. The fraction of sp³-hybridized carbons (Fsp3) is 0.438. The summed E-state index contributed by atoms with van der Waals surface area (Å²) in [6, 6.07) is 1.01. The van der Waals surface area contributed by atoms with Gasteiger partial charge < -0.3 is 58.2 Å². The maximum Gasteiger partial charge on any atom is 0.328 e. The van der Waals surface area contributed by atoms with Crippen LogP contribution in [0, 0.1) is 0 Å². The van der Waals surface area contributed by atoms with E-state index in [4.69, 9.17) is 11.5 Å². The second-order valence-corrected chi connectivity index (χ2v) is 12.8. The number of hydrogen-bond acceptors (Lipinski definition) is 11. The number of aliphatic hydroxyl groups excluding tert-OH is 1. The number of aromatic nitrogens is 3. The summed E-state index contributed by atoms with van der Waals surface area (Å²) in [5.41, 5.74) is 13.6. The van der Waals surface area contributed by atoms with Gasteiger partial charge in [-0.3, -0.25) is 28.8 Å². The van der Waals surface area contributed by atoms with Crippen LogP contribution in [-0.4, -0.2) is 122 Å². The number of carbonyl (C=O) groups excluding carboxylic acids is 6. The lowest BCUT2D eigenvalue weighted by atomic mass is 10.0. The van der Waals surface area contributed by atoms with Crippen molar-refractivity contribution in [1.82, 2.24) is 41.5 Å². The zero-order valence-corrected chi connectivity index (χ0v) is 29.2. The Labute approximate surface area is 302 Å². The predicted molar refractivity (Wildman–Crippen MR) is 189 cm³/mol. The lowest BCUT2D eigenvalue weighted by Crippen LogP contribution is -2.57. The van der Waals surface area contributed by atoms with Crippen molar-refractivity contribution in [2.24, 2.45) is 11.5 Å². The van der Waals surface area contributed by atoms with E-state index in [0.717, 1.165) is 16.5 Å². The highest BCUT2D eigenvalue weighted by molar-refractivity contribution is 7.98. The molecular weight excluding hydrogens is 700 g/mol. The summed E-state index contributed by atoms with van der Waals surface area (Å²) in [6.45, 7) is -1.53. The van der Waals surface area contributed by atoms with Crippen LogP contribution in [0.2, 0.25) is 0 Å². The summed E-state index contributed by atoms with van der Waals surface area (Å²) in [4.78, 5) is 98.1. The third-order valence-electron chi connectivity index (χ3n) is 7.86. The van der Waals surface area contributed by atoms with E-state index in [1.54, 1.807) is 12.5 Å². The largest absolute Gasteiger partial charge is 0.480 e. The van der Waals surface area contributed by atoms with Gasteiger partial charge in [0.1, 0.15) is 24.2 Å². The Bertz CT molecular complexity index is 1700. The Morgan fingerprint density at radius 2 is 1.54 bits per heavy atom. The van der Waals surface area contributed by atoms with E-state index < -0.39 is 84.8 Å². The number of rotatable bonds is 22. The summed E-state index contributed by atoms with van der Waals surface area (Å²) in [6.07, 6.45) is 5.97. The maximum atomic E-state index is 13.5. The van der Waals surface area contributed by atoms with Crippen molar-refractivity contribution in [3.05, 3.63) is 54.2 Å². The minimum atomic E-state index is -1.62. The molecule has 282 valence electrons. The molecule has 3 aromatic rings. The minimum Gasteiger partial charge on any atom is -0.480 e. The van der Waals surface area contributed by atoms with Gasteiger partial charge in [0.25, 0.3) is 0 Å². The highest BCUT2D eigenvalue weighted by Crippen LogP contribution is 2.19. The molecule has 19 nitrogen and oxygen atoms in total. The summed E-state index contributed by atoms with van der Waals surface area (Å²) in [5.74, 6) is -5.73. The van der Waals surface area contributed by atoms with E-state index in [-0.39, 0.29) is 32.1 Å². The number of fused-ring (bicyclic) bond motifs is 1. The first-order chi connectivity index (χ1) is 24.8. The smallest absolute Gasteiger partial charge is 0.328 e. The van der Waals surface area contributed by atoms with Crippen molar-refractivity contribution in [2.75, 3.05) is 25.2 Å². The van der Waals surface area contributed by atoms with Crippen LogP contribution in [0.25, 0.3) is 10.9 Å². The molecule has 0 unspecified atom stereocenters. The van der Waals surface area contributed by atoms with Crippen molar-refractivity contribution in [2.45, 2.75) is 62.3 Å². The first-order valence-electron chi connectivity index (χ1n) is 16.2. The van der Waals surface area contributed by atoms with Crippen LogP contribution in [0.3, 0.4) is 0 Å². The van der Waals surface area contributed by atoms with Gasteiger partial charge >= 0.3 is 5.97 Å². The number of para-hydroxylation sites is 1. The number of aromatic amines is 2. The fourth-order valence-corrected chi connectivity index (χ4v) is 5.53. The first-order valence-corrected chi connectivity index (χ1v) is 17.6. The number of carboxylic acids is 1. The Balaban J connectivity index is 1.65. The molecular formula is C32H44N10O9S. The summed E-state index contributed by atoms with van der Waals surface area (Å²) in [5, 5.41) is 31.5. The van der Waals surface area contributed by atoms with E-state index in [1.807, 2.05) is 24.3 Å². The summed E-state index contributed by atoms with van der Waals surface area (Å²) < 4.78 is 0. The molecule has 3 rings (SSSR count). The second kappa shape index (κ2) is 20.4. The number of benzene rings is 1. The predicted octanol–water partition coefficient (Wildman–Crippen LogP) is -2.85. The Kier molecular flexibility index (Phi) is 16.1. The van der Waals surface area contributed by atoms with E-state index in [9.17, 15) is 43.8 Å². The van der Waals surface area contributed by atoms with Crippen LogP contribution >= 0.6 is 11.8 Å². The third-order valence-corrected chi connectivity index (χ3v) is 8.50. The van der Waals surface area contributed by atoms with Crippen molar-refractivity contribution < 1.29 is 43.8 Å². The number of nitrogens with zero attached hydrogens (tertiary/aromatic N) is 1. The first kappa shape index (κ1) is 41.0. The molecule has 0 bridgehead atoms. The van der Waals surface area contributed by atoms with Crippen LogP contribution in [0.4, 0.5) is 0 Å². The maximum absolute atomic E-state index is 13.5. The van der Waals surface area contributed by atoms with Crippen molar-refractivity contribution in [3.8, 4) is 0 Å². The Hall–Kier alpha value is -5.47. The molecule has 0 radical (unpaired) electrons. The molecule has 0 aliphatic carbocycles. The topological polar surface area (TPSA) is 317 Å². The fourth-order valence-electron chi connectivity index (χ4n) is 5.06. The molecule has 5 atom stereocenters. The molecule has 0 aliphatic rings. The highest BCUT2D eigenvalue weighted by atomic mass is 32.2. The standard InChI is InChI=1S/C32H44N10O9S/c1-52-9-8-23(29(47)37-14-27(45)39-24(11-18-13-35-16-38-18)31(49)42-25(15-43)32(50)51)41-30(48)22(6-7-26(34)44)40-28(46)20(33)10-17-12-36-21-5-3-2-4-19(17)21/h2-5,12-13,16,20,22-25,36,43H,6-11,14-15,33H2,1H3,(H2,34,44)(H,35,38)(H,37,47)(H,39,45)(H,40,46)(H,41,48)(H,42,49)(H,50,51)/t20-,22+,23+,24-,25+/m1/s1. The molecule has 0 spiro atoms. The average Bonchev–Trinajstić information content (AvgIpc) is 3.79. The third kappa shape index (κ3) is 12.7. The van der Waals surface area contributed by atoms with Gasteiger partial charge in [0.05, 0.1) is 25.5 Å². The van der Waals surface area contributed by atoms with E-state index in [0.29, 0.717) is 11.4 Å². The number of primary amides is 1. The molecule has 6 amide bonds. The van der Waals surface area contributed by atoms with E-state index >= 15 is 0 Å². The number of aliphatic hydroxyl groups is 1. The number of thioether (sulfide) groups is 1. The highest BCUT2D eigenvalue weighted by Gasteiger charge is 2.30. The monoisotopic (exact) mass is 744 g/mol. The molecule has 2 aromatic heterocycles. The van der Waals surface area contributed by atoms with Gasteiger partial charge in [-0.05, 0) is 42.9 Å². The summed E-state index contributed by atoms with van der Waals surface area (Å²) >= 11 is 1.39.